The highest BCUT2D eigenvalue weighted by Gasteiger charge is 2.13. The average Bonchev–Trinajstić information content (AvgIpc) is 2.74. The number of nitrogens with one attached hydrogen (secondary N) is 1. The Labute approximate surface area is 103 Å². The minimum Gasteiger partial charge on any atom is -0.454 e. The van der Waals surface area contributed by atoms with Gasteiger partial charge in [-0.3, -0.25) is 9.59 Å². The van der Waals surface area contributed by atoms with E-state index in [1.165, 1.54) is 13.0 Å². The Hall–Kier alpha value is -2.50. The normalized spacial score (nSPS) is 13.3. The van der Waals surface area contributed by atoms with E-state index >= 15 is 0 Å². The highest BCUT2D eigenvalue weighted by Crippen LogP contribution is 2.32. The number of ether oxygens (including phenoxy) is 2. The van der Waals surface area contributed by atoms with Gasteiger partial charge in [0.05, 0.1) is 0 Å². The molecule has 0 fully saturated rings. The smallest absolute Gasteiger partial charge is 0.265 e. The molecular formula is C12H12N2O4. The largest absolute Gasteiger partial charge is 0.454 e. The fourth-order valence-electron chi connectivity index (χ4n) is 1.53. The van der Waals surface area contributed by atoms with Crippen LogP contribution in [0, 0.1) is 0 Å². The van der Waals surface area contributed by atoms with Crippen LogP contribution >= 0.6 is 0 Å². The van der Waals surface area contributed by atoms with Crippen molar-refractivity contribution < 1.29 is 19.1 Å². The molecule has 6 nitrogen and oxygen atoms in total. The van der Waals surface area contributed by atoms with Gasteiger partial charge in [0.25, 0.3) is 5.91 Å². The van der Waals surface area contributed by atoms with Crippen molar-refractivity contribution in [2.24, 2.45) is 5.73 Å². The Bertz CT molecular complexity index is 537. The lowest BCUT2D eigenvalue weighted by Gasteiger charge is -2.04. The van der Waals surface area contributed by atoms with E-state index in [1.54, 1.807) is 18.2 Å². The summed E-state index contributed by atoms with van der Waals surface area (Å²) in [6.45, 7) is 1.48. The van der Waals surface area contributed by atoms with Crippen molar-refractivity contribution in [2.75, 3.05) is 6.79 Å². The highest BCUT2D eigenvalue weighted by atomic mass is 16.7. The molecule has 2 amide bonds. The minimum absolute atomic E-state index is 0.0290. The molecule has 1 aromatic rings. The summed E-state index contributed by atoms with van der Waals surface area (Å²) in [5.74, 6) is 0.173. The van der Waals surface area contributed by atoms with Crippen molar-refractivity contribution in [3.63, 3.8) is 0 Å². The number of fused-ring (bicyclic) bond motifs is 1. The SMILES string of the molecule is CC(=O)NC(=Cc1ccc2c(c1)OCO2)C(N)=O. The molecule has 1 aromatic carbocycles. The van der Waals surface area contributed by atoms with Gasteiger partial charge in [-0.25, -0.2) is 0 Å². The molecule has 94 valence electrons. The number of benzene rings is 1. The molecule has 0 bridgehead atoms. The predicted molar refractivity (Wildman–Crippen MR) is 63.6 cm³/mol. The molecule has 0 aliphatic carbocycles. The predicted octanol–water partition coefficient (Wildman–Crippen LogP) is 0.378. The van der Waals surface area contributed by atoms with Gasteiger partial charge in [0.2, 0.25) is 12.7 Å². The standard InChI is InChI=1S/C12H12N2O4/c1-7(15)14-9(12(13)16)4-8-2-3-10-11(5-8)18-6-17-10/h2-5H,6H2,1H3,(H2,13,16)(H,14,15). The zero-order chi connectivity index (χ0) is 13.1. The van der Waals surface area contributed by atoms with Gasteiger partial charge in [0.1, 0.15) is 5.70 Å². The Morgan fingerprint density at radius 2 is 2.06 bits per heavy atom. The van der Waals surface area contributed by atoms with E-state index in [0.717, 1.165) is 0 Å². The second kappa shape index (κ2) is 4.79. The summed E-state index contributed by atoms with van der Waals surface area (Å²) in [5, 5.41) is 2.37. The van der Waals surface area contributed by atoms with Gasteiger partial charge in [-0.15, -0.1) is 0 Å². The summed E-state index contributed by atoms with van der Waals surface area (Å²) in [6.07, 6.45) is 1.48. The van der Waals surface area contributed by atoms with Crippen LogP contribution in [0.25, 0.3) is 6.08 Å². The second-order valence-electron chi connectivity index (χ2n) is 3.72. The van der Waals surface area contributed by atoms with E-state index < -0.39 is 5.91 Å². The summed E-state index contributed by atoms with van der Waals surface area (Å²) in [5.41, 5.74) is 5.88. The molecule has 1 aliphatic rings. The van der Waals surface area contributed by atoms with Crippen molar-refractivity contribution in [1.82, 2.24) is 5.32 Å². The molecule has 1 aliphatic heterocycles. The number of amides is 2. The van der Waals surface area contributed by atoms with Gasteiger partial charge < -0.3 is 20.5 Å². The van der Waals surface area contributed by atoms with Gasteiger partial charge in [0, 0.05) is 6.92 Å². The molecule has 2 rings (SSSR count). The first-order chi connectivity index (χ1) is 8.56. The average molecular weight is 248 g/mol. The van der Waals surface area contributed by atoms with Gasteiger partial charge in [-0.2, -0.15) is 0 Å². The molecule has 0 unspecified atom stereocenters. The van der Waals surface area contributed by atoms with Crippen LogP contribution in [0.15, 0.2) is 23.9 Å². The number of hydrogen-bond acceptors (Lipinski definition) is 4. The van der Waals surface area contributed by atoms with Crippen molar-refractivity contribution in [3.8, 4) is 11.5 Å². The van der Waals surface area contributed by atoms with Gasteiger partial charge in [0.15, 0.2) is 11.5 Å². The van der Waals surface area contributed by atoms with E-state index in [2.05, 4.69) is 5.32 Å². The summed E-state index contributed by atoms with van der Waals surface area (Å²) in [6, 6.07) is 5.16. The van der Waals surface area contributed by atoms with Crippen LogP contribution in [0.2, 0.25) is 0 Å². The minimum atomic E-state index is -0.706. The fourth-order valence-corrected chi connectivity index (χ4v) is 1.53. The third-order valence-corrected chi connectivity index (χ3v) is 2.28. The number of carbonyl (C=O) groups excluding carboxylic acids is 2. The Balaban J connectivity index is 2.29. The lowest BCUT2D eigenvalue weighted by molar-refractivity contribution is -0.121. The Morgan fingerprint density at radius 3 is 2.72 bits per heavy atom. The van der Waals surface area contributed by atoms with E-state index in [0.29, 0.717) is 17.1 Å². The molecule has 0 atom stereocenters. The maximum absolute atomic E-state index is 11.2. The van der Waals surface area contributed by atoms with Crippen molar-refractivity contribution in [3.05, 3.63) is 29.5 Å². The topological polar surface area (TPSA) is 90.7 Å². The summed E-state index contributed by atoms with van der Waals surface area (Å²) < 4.78 is 10.4. The maximum Gasteiger partial charge on any atom is 0.265 e. The van der Waals surface area contributed by atoms with Crippen LogP contribution in [0.4, 0.5) is 0 Å². The lowest BCUT2D eigenvalue weighted by atomic mass is 10.1. The van der Waals surface area contributed by atoms with Crippen LogP contribution < -0.4 is 20.5 Å². The molecule has 0 saturated heterocycles. The molecule has 1 heterocycles. The molecule has 18 heavy (non-hydrogen) atoms. The first-order valence-corrected chi connectivity index (χ1v) is 5.25. The number of rotatable bonds is 3. The highest BCUT2D eigenvalue weighted by molar-refractivity contribution is 5.99. The van der Waals surface area contributed by atoms with Crippen molar-refractivity contribution in [1.29, 1.82) is 0 Å². The van der Waals surface area contributed by atoms with Crippen molar-refractivity contribution in [2.45, 2.75) is 6.92 Å². The zero-order valence-corrected chi connectivity index (χ0v) is 9.73. The lowest BCUT2D eigenvalue weighted by Crippen LogP contribution is -2.29. The number of hydrogen-bond donors (Lipinski definition) is 2. The maximum atomic E-state index is 11.2. The molecular weight excluding hydrogens is 236 g/mol. The van der Waals surface area contributed by atoms with E-state index in [9.17, 15) is 9.59 Å². The molecule has 0 saturated carbocycles. The molecule has 0 radical (unpaired) electrons. The van der Waals surface area contributed by atoms with E-state index in [-0.39, 0.29) is 18.4 Å². The van der Waals surface area contributed by atoms with E-state index in [1.807, 2.05) is 0 Å². The third kappa shape index (κ3) is 2.60. The monoisotopic (exact) mass is 248 g/mol. The van der Waals surface area contributed by atoms with Crippen LogP contribution in [0.1, 0.15) is 12.5 Å². The van der Waals surface area contributed by atoms with Crippen molar-refractivity contribution >= 4 is 17.9 Å². The van der Waals surface area contributed by atoms with Crippen LogP contribution in [-0.4, -0.2) is 18.6 Å². The quantitative estimate of drug-likeness (QED) is 0.756. The summed E-state index contributed by atoms with van der Waals surface area (Å²) >= 11 is 0. The molecule has 0 aromatic heterocycles. The summed E-state index contributed by atoms with van der Waals surface area (Å²) in [7, 11) is 0. The van der Waals surface area contributed by atoms with E-state index in [4.69, 9.17) is 15.2 Å². The Morgan fingerprint density at radius 1 is 1.33 bits per heavy atom. The number of nitrogens with two attached hydrogens (primary N) is 1. The first kappa shape index (κ1) is 12.0. The fraction of sp³-hybridized carbons (Fsp3) is 0.167. The number of carbonyl (C=O) groups is 2. The first-order valence-electron chi connectivity index (χ1n) is 5.25. The zero-order valence-electron chi connectivity index (χ0n) is 9.73. The van der Waals surface area contributed by atoms with Gasteiger partial charge in [-0.1, -0.05) is 6.07 Å². The number of primary amides is 1. The molecule has 3 N–H and O–H groups in total. The van der Waals surface area contributed by atoms with Gasteiger partial charge in [-0.05, 0) is 23.8 Å². The second-order valence-corrected chi connectivity index (χ2v) is 3.72. The van der Waals surface area contributed by atoms with Crippen LogP contribution in [0.5, 0.6) is 11.5 Å². The van der Waals surface area contributed by atoms with Crippen LogP contribution in [0.3, 0.4) is 0 Å². The Kier molecular flexibility index (Phi) is 3.18. The van der Waals surface area contributed by atoms with Crippen LogP contribution in [-0.2, 0) is 9.59 Å². The van der Waals surface area contributed by atoms with Gasteiger partial charge >= 0.3 is 0 Å². The molecule has 6 heteroatoms. The third-order valence-electron chi connectivity index (χ3n) is 2.28. The summed E-state index contributed by atoms with van der Waals surface area (Å²) in [4.78, 5) is 22.1. The molecule has 0 spiro atoms.